The summed E-state index contributed by atoms with van der Waals surface area (Å²) in [6.45, 7) is 4.23. The van der Waals surface area contributed by atoms with Crippen LogP contribution in [0.2, 0.25) is 0 Å². The number of hydrogen-bond donors (Lipinski definition) is 2. The van der Waals surface area contributed by atoms with Crippen LogP contribution in [0.1, 0.15) is 40.2 Å². The summed E-state index contributed by atoms with van der Waals surface area (Å²) in [5, 5.41) is 21.0. The van der Waals surface area contributed by atoms with E-state index in [4.69, 9.17) is 4.74 Å². The lowest BCUT2D eigenvalue weighted by Gasteiger charge is -2.19. The minimum atomic E-state index is -4.46. The van der Waals surface area contributed by atoms with Gasteiger partial charge in [-0.25, -0.2) is 0 Å². The van der Waals surface area contributed by atoms with Gasteiger partial charge in [0, 0.05) is 23.9 Å². The quantitative estimate of drug-likeness (QED) is 0.759. The third-order valence-corrected chi connectivity index (χ3v) is 4.58. The first-order valence-electron chi connectivity index (χ1n) is 8.59. The zero-order valence-electron chi connectivity index (χ0n) is 15.5. The Hall–Kier alpha value is -2.42. The van der Waals surface area contributed by atoms with E-state index in [1.54, 1.807) is 0 Å². The summed E-state index contributed by atoms with van der Waals surface area (Å²) in [5.74, 6) is -0.223. The molecule has 0 amide bonds. The van der Waals surface area contributed by atoms with Crippen LogP contribution >= 0.6 is 0 Å². The first-order chi connectivity index (χ1) is 13.1. The van der Waals surface area contributed by atoms with Crippen LogP contribution in [0.4, 0.5) is 13.2 Å². The normalized spacial score (nSPS) is 17.6. The van der Waals surface area contributed by atoms with Gasteiger partial charge in [0.1, 0.15) is 23.7 Å². The maximum absolute atomic E-state index is 13.0. The Bertz CT molecular complexity index is 897. The van der Waals surface area contributed by atoms with Crippen LogP contribution in [-0.4, -0.2) is 40.7 Å². The maximum Gasteiger partial charge on any atom is 0.416 e. The SMILES string of the molecule is C=C(CN(C)C)C(O)c1ncc2c(c1O)COC2c1cccc(C(F)(F)F)c1. The Kier molecular flexibility index (Phi) is 5.47. The monoisotopic (exact) mass is 394 g/mol. The van der Waals surface area contributed by atoms with Crippen molar-refractivity contribution in [3.63, 3.8) is 0 Å². The highest BCUT2D eigenvalue weighted by molar-refractivity contribution is 5.49. The van der Waals surface area contributed by atoms with Gasteiger partial charge in [0.2, 0.25) is 0 Å². The number of rotatable bonds is 5. The van der Waals surface area contributed by atoms with Crippen molar-refractivity contribution >= 4 is 0 Å². The van der Waals surface area contributed by atoms with Crippen LogP contribution in [0.15, 0.2) is 42.6 Å². The summed E-state index contributed by atoms with van der Waals surface area (Å²) in [7, 11) is 3.64. The average Bonchev–Trinajstić information content (AvgIpc) is 3.05. The number of aromatic nitrogens is 1. The van der Waals surface area contributed by atoms with Crippen molar-refractivity contribution in [2.75, 3.05) is 20.6 Å². The molecule has 5 nitrogen and oxygen atoms in total. The smallest absolute Gasteiger partial charge is 0.416 e. The van der Waals surface area contributed by atoms with Crippen LogP contribution in [0.25, 0.3) is 0 Å². The molecule has 150 valence electrons. The molecule has 2 unspecified atom stereocenters. The lowest BCUT2D eigenvalue weighted by Crippen LogP contribution is -2.19. The molecule has 0 spiro atoms. The zero-order valence-corrected chi connectivity index (χ0v) is 15.5. The van der Waals surface area contributed by atoms with E-state index in [-0.39, 0.29) is 18.1 Å². The van der Waals surface area contributed by atoms with Crippen molar-refractivity contribution in [3.8, 4) is 5.75 Å². The van der Waals surface area contributed by atoms with Gasteiger partial charge >= 0.3 is 6.18 Å². The van der Waals surface area contributed by atoms with Crippen molar-refractivity contribution < 1.29 is 28.1 Å². The molecule has 2 aromatic rings. The van der Waals surface area contributed by atoms with Crippen molar-refractivity contribution in [1.29, 1.82) is 0 Å². The number of alkyl halides is 3. The maximum atomic E-state index is 13.0. The molecular formula is C20H21F3N2O3. The van der Waals surface area contributed by atoms with Crippen LogP contribution in [0.5, 0.6) is 5.75 Å². The van der Waals surface area contributed by atoms with Crippen LogP contribution in [-0.2, 0) is 17.5 Å². The van der Waals surface area contributed by atoms with Crippen molar-refractivity contribution in [2.45, 2.75) is 25.0 Å². The van der Waals surface area contributed by atoms with Gasteiger partial charge in [-0.3, -0.25) is 4.98 Å². The number of hydrogen-bond acceptors (Lipinski definition) is 5. The van der Waals surface area contributed by atoms with Crippen LogP contribution < -0.4 is 0 Å². The second-order valence-corrected chi connectivity index (χ2v) is 7.04. The summed E-state index contributed by atoms with van der Waals surface area (Å²) in [6.07, 6.45) is -4.97. The fourth-order valence-electron chi connectivity index (χ4n) is 3.24. The lowest BCUT2D eigenvalue weighted by molar-refractivity contribution is -0.137. The third-order valence-electron chi connectivity index (χ3n) is 4.58. The van der Waals surface area contributed by atoms with E-state index in [1.165, 1.54) is 18.3 Å². The van der Waals surface area contributed by atoms with Crippen molar-refractivity contribution in [2.24, 2.45) is 0 Å². The third kappa shape index (κ3) is 3.89. The highest BCUT2D eigenvalue weighted by Crippen LogP contribution is 2.43. The number of halogens is 3. The van der Waals surface area contributed by atoms with Crippen molar-refractivity contribution in [1.82, 2.24) is 9.88 Å². The molecule has 2 atom stereocenters. The number of nitrogens with zero attached hydrogens (tertiary/aromatic N) is 2. The van der Waals surface area contributed by atoms with E-state index < -0.39 is 23.9 Å². The molecule has 0 saturated heterocycles. The molecule has 2 N–H and O–H groups in total. The molecule has 8 heteroatoms. The summed E-state index contributed by atoms with van der Waals surface area (Å²) in [5.41, 5.74) is 0.946. The number of aromatic hydroxyl groups is 1. The Labute approximate surface area is 160 Å². The highest BCUT2D eigenvalue weighted by atomic mass is 19.4. The van der Waals surface area contributed by atoms with Gasteiger partial charge in [0.05, 0.1) is 12.2 Å². The molecule has 0 bridgehead atoms. The Balaban J connectivity index is 1.93. The van der Waals surface area contributed by atoms with Gasteiger partial charge in [0.25, 0.3) is 0 Å². The molecule has 1 aliphatic rings. The molecule has 1 aromatic carbocycles. The predicted molar refractivity (Wildman–Crippen MR) is 96.6 cm³/mol. The fourth-order valence-corrected chi connectivity index (χ4v) is 3.24. The second kappa shape index (κ2) is 7.54. The van der Waals surface area contributed by atoms with Gasteiger partial charge in [-0.15, -0.1) is 0 Å². The first-order valence-corrected chi connectivity index (χ1v) is 8.59. The van der Waals surface area contributed by atoms with E-state index in [9.17, 15) is 23.4 Å². The predicted octanol–water partition coefficient (Wildman–Crippen LogP) is 3.58. The average molecular weight is 394 g/mol. The molecule has 1 aromatic heterocycles. The number of aliphatic hydroxyl groups excluding tert-OH is 1. The molecule has 0 saturated carbocycles. The highest BCUT2D eigenvalue weighted by Gasteiger charge is 2.34. The van der Waals surface area contributed by atoms with Gasteiger partial charge in [-0.05, 0) is 37.4 Å². The van der Waals surface area contributed by atoms with E-state index in [1.807, 2.05) is 19.0 Å². The molecule has 1 aliphatic heterocycles. The Morgan fingerprint density at radius 3 is 2.75 bits per heavy atom. The fraction of sp³-hybridized carbons (Fsp3) is 0.350. The van der Waals surface area contributed by atoms with Crippen LogP contribution in [0.3, 0.4) is 0 Å². The largest absolute Gasteiger partial charge is 0.506 e. The summed E-state index contributed by atoms with van der Waals surface area (Å²) in [4.78, 5) is 5.97. The van der Waals surface area contributed by atoms with E-state index in [0.29, 0.717) is 28.8 Å². The van der Waals surface area contributed by atoms with Gasteiger partial charge in [0.15, 0.2) is 0 Å². The summed E-state index contributed by atoms with van der Waals surface area (Å²) >= 11 is 0. The molecule has 2 heterocycles. The Morgan fingerprint density at radius 2 is 2.11 bits per heavy atom. The number of ether oxygens (including phenoxy) is 1. The molecule has 0 aliphatic carbocycles. The first kappa shape index (κ1) is 20.3. The van der Waals surface area contributed by atoms with E-state index >= 15 is 0 Å². The second-order valence-electron chi connectivity index (χ2n) is 7.04. The van der Waals surface area contributed by atoms with Gasteiger partial charge in [-0.2, -0.15) is 13.2 Å². The van der Waals surface area contributed by atoms with Gasteiger partial charge < -0.3 is 19.8 Å². The topological polar surface area (TPSA) is 65.8 Å². The van der Waals surface area contributed by atoms with E-state index in [2.05, 4.69) is 11.6 Å². The molecule has 0 radical (unpaired) electrons. The van der Waals surface area contributed by atoms with Crippen LogP contribution in [0, 0.1) is 0 Å². The van der Waals surface area contributed by atoms with Crippen molar-refractivity contribution in [3.05, 3.63) is 70.6 Å². The number of benzene rings is 1. The molecule has 28 heavy (non-hydrogen) atoms. The van der Waals surface area contributed by atoms with E-state index in [0.717, 1.165) is 12.1 Å². The standard InChI is InChI=1S/C20H21F3N2O3/c1-11(9-25(2)3)17(26)16-18(27)15-10-28-19(14(15)8-24-16)12-5-4-6-13(7-12)20(21,22)23/h4-8,17,19,26-27H,1,9-10H2,2-3H3. The minimum Gasteiger partial charge on any atom is -0.506 e. The number of fused-ring (bicyclic) bond motifs is 1. The lowest BCUT2D eigenvalue weighted by atomic mass is 9.97. The Morgan fingerprint density at radius 1 is 1.39 bits per heavy atom. The minimum absolute atomic E-state index is 0.00444. The molecular weight excluding hydrogens is 373 g/mol. The number of pyridine rings is 1. The number of aliphatic hydroxyl groups is 1. The summed E-state index contributed by atoms with van der Waals surface area (Å²) < 4.78 is 44.6. The number of likely N-dealkylation sites (N-methyl/N-ethyl adjacent to an activating group) is 1. The zero-order chi connectivity index (χ0) is 20.6. The molecule has 0 fully saturated rings. The van der Waals surface area contributed by atoms with Gasteiger partial charge in [-0.1, -0.05) is 18.7 Å². The summed E-state index contributed by atoms with van der Waals surface area (Å²) in [6, 6.07) is 4.87. The molecule has 3 rings (SSSR count).